The van der Waals surface area contributed by atoms with Crippen molar-refractivity contribution < 1.29 is 17.9 Å². The van der Waals surface area contributed by atoms with Crippen molar-refractivity contribution in [1.29, 1.82) is 0 Å². The molecule has 0 spiro atoms. The molecule has 0 unspecified atom stereocenters. The number of ether oxygens (including phenoxy) is 1. The molecule has 0 saturated carbocycles. The van der Waals surface area contributed by atoms with Gasteiger partial charge >= 0.3 is 0 Å². The predicted molar refractivity (Wildman–Crippen MR) is 132 cm³/mol. The number of hydrogen-bond donors (Lipinski definition) is 1. The molecule has 3 aromatic rings. The number of carbonyl (C=O) groups excluding carboxylic acids is 1. The zero-order chi connectivity index (χ0) is 23.4. The summed E-state index contributed by atoms with van der Waals surface area (Å²) < 4.78 is 33.5. The summed E-state index contributed by atoms with van der Waals surface area (Å²) in [6.45, 7) is 3.86. The van der Waals surface area contributed by atoms with Crippen LogP contribution in [0.25, 0.3) is 0 Å². The van der Waals surface area contributed by atoms with Crippen molar-refractivity contribution in [3.63, 3.8) is 0 Å². The molecule has 1 N–H and O–H groups in total. The summed E-state index contributed by atoms with van der Waals surface area (Å²) in [4.78, 5) is 15.3. The largest absolute Gasteiger partial charge is 0.497 e. The standard InChI is InChI=1S/C24H27N3O4S2/c1-3-18-7-9-19(10-8-18)25-24(28)23-22(11-16-32-23)33(29,30)27-14-12-26(13-15-27)20-5-4-6-21(17-20)31-2/h4-11,16-17H,3,12-15H2,1-2H3,(H,25,28). The van der Waals surface area contributed by atoms with Gasteiger partial charge in [-0.05, 0) is 47.7 Å². The molecule has 2 aromatic carbocycles. The number of anilines is 2. The minimum Gasteiger partial charge on any atom is -0.497 e. The molecule has 1 amide bonds. The SMILES string of the molecule is CCc1ccc(NC(=O)c2sccc2S(=O)(=O)N2CCN(c3cccc(OC)c3)CC2)cc1. The summed E-state index contributed by atoms with van der Waals surface area (Å²) in [6, 6.07) is 16.8. The molecule has 1 aliphatic rings. The van der Waals surface area contributed by atoms with Crippen LogP contribution in [0.1, 0.15) is 22.2 Å². The third kappa shape index (κ3) is 5.05. The zero-order valence-electron chi connectivity index (χ0n) is 18.7. The highest BCUT2D eigenvalue weighted by molar-refractivity contribution is 7.89. The van der Waals surface area contributed by atoms with Crippen LogP contribution >= 0.6 is 11.3 Å². The number of thiophene rings is 1. The molecule has 1 fully saturated rings. The molecule has 1 aliphatic heterocycles. The number of piperazine rings is 1. The molecule has 174 valence electrons. The van der Waals surface area contributed by atoms with E-state index in [1.54, 1.807) is 12.5 Å². The van der Waals surface area contributed by atoms with E-state index in [9.17, 15) is 13.2 Å². The third-order valence-corrected chi connectivity index (χ3v) is 8.71. The fourth-order valence-electron chi connectivity index (χ4n) is 3.81. The van der Waals surface area contributed by atoms with Gasteiger partial charge in [-0.1, -0.05) is 25.1 Å². The summed E-state index contributed by atoms with van der Waals surface area (Å²) in [5.41, 5.74) is 2.80. The van der Waals surface area contributed by atoms with E-state index in [2.05, 4.69) is 17.1 Å². The molecule has 0 aliphatic carbocycles. The smallest absolute Gasteiger partial charge is 0.267 e. The molecular formula is C24H27N3O4S2. The molecule has 9 heteroatoms. The lowest BCUT2D eigenvalue weighted by atomic mass is 10.1. The number of nitrogens with zero attached hydrogens (tertiary/aromatic N) is 2. The first-order valence-electron chi connectivity index (χ1n) is 10.8. The van der Waals surface area contributed by atoms with Crippen molar-refractivity contribution in [2.75, 3.05) is 43.5 Å². The maximum atomic E-state index is 13.4. The number of rotatable bonds is 7. The zero-order valence-corrected chi connectivity index (χ0v) is 20.3. The Hall–Kier alpha value is -2.88. The lowest BCUT2D eigenvalue weighted by Gasteiger charge is -2.35. The van der Waals surface area contributed by atoms with Crippen LogP contribution in [-0.2, 0) is 16.4 Å². The van der Waals surface area contributed by atoms with Crippen molar-refractivity contribution in [2.24, 2.45) is 0 Å². The van der Waals surface area contributed by atoms with Crippen molar-refractivity contribution in [3.8, 4) is 5.75 Å². The van der Waals surface area contributed by atoms with Crippen LogP contribution in [0.15, 0.2) is 64.9 Å². The number of sulfonamides is 1. The fraction of sp³-hybridized carbons (Fsp3) is 0.292. The van der Waals surface area contributed by atoms with E-state index in [1.165, 1.54) is 15.9 Å². The Morgan fingerprint density at radius 3 is 2.45 bits per heavy atom. The van der Waals surface area contributed by atoms with Crippen molar-refractivity contribution in [1.82, 2.24) is 4.31 Å². The number of benzene rings is 2. The molecule has 0 bridgehead atoms. The topological polar surface area (TPSA) is 79.0 Å². The Kier molecular flexibility index (Phi) is 7.02. The first kappa shape index (κ1) is 23.3. The summed E-state index contributed by atoms with van der Waals surface area (Å²) >= 11 is 1.13. The molecule has 7 nitrogen and oxygen atoms in total. The Balaban J connectivity index is 1.46. The van der Waals surface area contributed by atoms with Gasteiger partial charge in [0.2, 0.25) is 10.0 Å². The van der Waals surface area contributed by atoms with E-state index >= 15 is 0 Å². The van der Waals surface area contributed by atoms with Crippen LogP contribution in [0.2, 0.25) is 0 Å². The lowest BCUT2D eigenvalue weighted by Crippen LogP contribution is -2.48. The number of aryl methyl sites for hydroxylation is 1. The van der Waals surface area contributed by atoms with Crippen LogP contribution in [0, 0.1) is 0 Å². The summed E-state index contributed by atoms with van der Waals surface area (Å²) in [5, 5.41) is 4.47. The number of amides is 1. The number of nitrogens with one attached hydrogen (secondary N) is 1. The monoisotopic (exact) mass is 485 g/mol. The second-order valence-corrected chi connectivity index (χ2v) is 10.5. The van der Waals surface area contributed by atoms with Crippen molar-refractivity contribution in [3.05, 3.63) is 70.4 Å². The maximum Gasteiger partial charge on any atom is 0.267 e. The van der Waals surface area contributed by atoms with Crippen LogP contribution in [0.4, 0.5) is 11.4 Å². The fourth-order valence-corrected chi connectivity index (χ4v) is 6.53. The van der Waals surface area contributed by atoms with Gasteiger partial charge in [-0.2, -0.15) is 4.31 Å². The maximum absolute atomic E-state index is 13.4. The highest BCUT2D eigenvalue weighted by Gasteiger charge is 2.32. The average Bonchev–Trinajstić information content (AvgIpc) is 3.36. The van der Waals surface area contributed by atoms with Gasteiger partial charge < -0.3 is 15.0 Å². The van der Waals surface area contributed by atoms with Gasteiger partial charge in [0.1, 0.15) is 15.5 Å². The van der Waals surface area contributed by atoms with Gasteiger partial charge in [0.05, 0.1) is 7.11 Å². The number of methoxy groups -OCH3 is 1. The Labute approximate surface area is 198 Å². The normalized spacial score (nSPS) is 14.8. The predicted octanol–water partition coefficient (Wildman–Crippen LogP) is 4.08. The van der Waals surface area contributed by atoms with E-state index in [1.807, 2.05) is 48.5 Å². The van der Waals surface area contributed by atoms with E-state index in [0.717, 1.165) is 29.2 Å². The minimum atomic E-state index is -3.78. The first-order chi connectivity index (χ1) is 15.9. The van der Waals surface area contributed by atoms with E-state index in [-0.39, 0.29) is 9.77 Å². The van der Waals surface area contributed by atoms with Gasteiger partial charge in [-0.15, -0.1) is 11.3 Å². The Morgan fingerprint density at radius 2 is 1.79 bits per heavy atom. The van der Waals surface area contributed by atoms with Crippen molar-refractivity contribution >= 4 is 38.6 Å². The molecule has 1 saturated heterocycles. The summed E-state index contributed by atoms with van der Waals surface area (Å²) in [6.07, 6.45) is 0.909. The quantitative estimate of drug-likeness (QED) is 0.546. The first-order valence-corrected chi connectivity index (χ1v) is 13.1. The second-order valence-electron chi connectivity index (χ2n) is 7.71. The van der Waals surface area contributed by atoms with Gasteiger partial charge in [0.25, 0.3) is 5.91 Å². The average molecular weight is 486 g/mol. The van der Waals surface area contributed by atoms with E-state index in [4.69, 9.17) is 4.74 Å². The minimum absolute atomic E-state index is 0.0602. The van der Waals surface area contributed by atoms with E-state index < -0.39 is 15.9 Å². The van der Waals surface area contributed by atoms with Gasteiger partial charge in [0.15, 0.2) is 0 Å². The van der Waals surface area contributed by atoms with Crippen LogP contribution in [0.3, 0.4) is 0 Å². The molecule has 2 heterocycles. The third-order valence-electron chi connectivity index (χ3n) is 5.73. The van der Waals surface area contributed by atoms with Crippen LogP contribution in [0.5, 0.6) is 5.75 Å². The lowest BCUT2D eigenvalue weighted by molar-refractivity contribution is 0.102. The van der Waals surface area contributed by atoms with Gasteiger partial charge in [0, 0.05) is 43.6 Å². The van der Waals surface area contributed by atoms with E-state index in [0.29, 0.717) is 31.9 Å². The van der Waals surface area contributed by atoms with Gasteiger partial charge in [-0.3, -0.25) is 4.79 Å². The summed E-state index contributed by atoms with van der Waals surface area (Å²) in [7, 11) is -2.16. The molecule has 0 atom stereocenters. The highest BCUT2D eigenvalue weighted by atomic mass is 32.2. The van der Waals surface area contributed by atoms with Crippen LogP contribution < -0.4 is 15.0 Å². The number of carbonyl (C=O) groups is 1. The Morgan fingerprint density at radius 1 is 1.06 bits per heavy atom. The molecule has 0 radical (unpaired) electrons. The molecule has 1 aromatic heterocycles. The molecule has 33 heavy (non-hydrogen) atoms. The van der Waals surface area contributed by atoms with Crippen molar-refractivity contribution in [2.45, 2.75) is 18.2 Å². The van der Waals surface area contributed by atoms with Gasteiger partial charge in [-0.25, -0.2) is 8.42 Å². The molecule has 4 rings (SSSR count). The summed E-state index contributed by atoms with van der Waals surface area (Å²) in [5.74, 6) is 0.351. The number of hydrogen-bond acceptors (Lipinski definition) is 6. The van der Waals surface area contributed by atoms with Crippen LogP contribution in [-0.4, -0.2) is 51.9 Å². The highest BCUT2D eigenvalue weighted by Crippen LogP contribution is 2.28. The Bertz CT molecular complexity index is 1210. The molecular weight excluding hydrogens is 458 g/mol. The second kappa shape index (κ2) is 9.94.